The van der Waals surface area contributed by atoms with Crippen LogP contribution in [-0.4, -0.2) is 25.0 Å². The quantitative estimate of drug-likeness (QED) is 0.648. The number of halogens is 3. The average molecular weight is 401 g/mol. The molecule has 26 heavy (non-hydrogen) atoms. The molecule has 2 aromatic rings. The maximum absolute atomic E-state index is 14.0. The predicted molar refractivity (Wildman–Crippen MR) is 105 cm³/mol. The van der Waals surface area contributed by atoms with Crippen molar-refractivity contribution in [2.75, 3.05) is 13.1 Å². The van der Waals surface area contributed by atoms with Crippen LogP contribution >= 0.6 is 24.2 Å². The van der Waals surface area contributed by atoms with Gasteiger partial charge in [0, 0.05) is 23.5 Å². The number of likely N-dealkylation sites (N-methyl/N-ethyl adjacent to an activating group) is 1. The van der Waals surface area contributed by atoms with Crippen LogP contribution in [0.2, 0.25) is 0 Å². The summed E-state index contributed by atoms with van der Waals surface area (Å²) < 4.78 is 27.1. The van der Waals surface area contributed by atoms with Crippen LogP contribution in [0.25, 0.3) is 0 Å². The minimum atomic E-state index is -0.667. The van der Waals surface area contributed by atoms with Crippen LogP contribution < -0.4 is 10.6 Å². The number of amides is 1. The second kappa shape index (κ2) is 11.2. The standard InChI is InChI=1S/C19H22F2N2OS.ClH/c1-3-22-13(2)12-23-19(24)18(14-7-5-4-6-8-14)25-17-10-9-15(20)11-16(17)21;/h4-11,13,18,22H,3,12H2,1-2H3,(H,23,24);1H/t13-,18?;/m1./s1. The highest BCUT2D eigenvalue weighted by atomic mass is 35.5. The topological polar surface area (TPSA) is 41.1 Å². The van der Waals surface area contributed by atoms with Gasteiger partial charge in [-0.3, -0.25) is 4.79 Å². The first-order chi connectivity index (χ1) is 12.0. The first kappa shape index (κ1) is 22.4. The fourth-order valence-corrected chi connectivity index (χ4v) is 3.42. The third-order valence-corrected chi connectivity index (χ3v) is 4.92. The molecule has 0 radical (unpaired) electrons. The lowest BCUT2D eigenvalue weighted by molar-refractivity contribution is -0.120. The van der Waals surface area contributed by atoms with Crippen molar-refractivity contribution in [3.8, 4) is 0 Å². The molecule has 0 fully saturated rings. The number of hydrogen-bond donors (Lipinski definition) is 2. The Labute approximate surface area is 163 Å². The molecule has 0 aromatic heterocycles. The van der Waals surface area contributed by atoms with Crippen molar-refractivity contribution < 1.29 is 13.6 Å². The summed E-state index contributed by atoms with van der Waals surface area (Å²) in [7, 11) is 0. The third kappa shape index (κ3) is 6.59. The Morgan fingerprint density at radius 3 is 2.46 bits per heavy atom. The van der Waals surface area contributed by atoms with Gasteiger partial charge in [-0.15, -0.1) is 24.2 Å². The molecule has 142 valence electrons. The van der Waals surface area contributed by atoms with E-state index in [1.807, 2.05) is 44.2 Å². The van der Waals surface area contributed by atoms with Crippen LogP contribution in [0.4, 0.5) is 8.78 Å². The molecule has 1 unspecified atom stereocenters. The van der Waals surface area contributed by atoms with E-state index in [0.29, 0.717) is 6.54 Å². The fourth-order valence-electron chi connectivity index (χ4n) is 2.37. The molecule has 0 aliphatic rings. The molecular weight excluding hydrogens is 378 g/mol. The van der Waals surface area contributed by atoms with Gasteiger partial charge in [-0.2, -0.15) is 0 Å². The van der Waals surface area contributed by atoms with Gasteiger partial charge in [-0.05, 0) is 31.2 Å². The van der Waals surface area contributed by atoms with Crippen LogP contribution in [0, 0.1) is 11.6 Å². The van der Waals surface area contributed by atoms with Crippen LogP contribution in [0.3, 0.4) is 0 Å². The molecule has 7 heteroatoms. The minimum Gasteiger partial charge on any atom is -0.353 e. The van der Waals surface area contributed by atoms with Gasteiger partial charge in [-0.25, -0.2) is 8.78 Å². The molecule has 2 aromatic carbocycles. The Kier molecular flexibility index (Phi) is 9.62. The van der Waals surface area contributed by atoms with Crippen molar-refractivity contribution in [2.45, 2.75) is 30.0 Å². The van der Waals surface area contributed by atoms with Crippen LogP contribution in [0.1, 0.15) is 24.7 Å². The number of rotatable bonds is 8. The van der Waals surface area contributed by atoms with Gasteiger partial charge in [0.2, 0.25) is 5.91 Å². The lowest BCUT2D eigenvalue weighted by Gasteiger charge is -2.19. The van der Waals surface area contributed by atoms with E-state index in [4.69, 9.17) is 0 Å². The van der Waals surface area contributed by atoms with Crippen molar-refractivity contribution in [3.05, 3.63) is 65.7 Å². The summed E-state index contributed by atoms with van der Waals surface area (Å²) in [6, 6.07) is 12.7. The number of benzene rings is 2. The van der Waals surface area contributed by atoms with Crippen LogP contribution in [0.5, 0.6) is 0 Å². The summed E-state index contributed by atoms with van der Waals surface area (Å²) in [5, 5.41) is 5.50. The molecule has 2 atom stereocenters. The fraction of sp³-hybridized carbons (Fsp3) is 0.316. The molecular formula is C19H23ClF2N2OS. The molecule has 2 rings (SSSR count). The van der Waals surface area contributed by atoms with Crippen molar-refractivity contribution in [1.29, 1.82) is 0 Å². The predicted octanol–water partition coefficient (Wildman–Crippen LogP) is 4.33. The SMILES string of the molecule is CCN[C@H](C)CNC(=O)C(Sc1ccc(F)cc1F)c1ccccc1.Cl. The lowest BCUT2D eigenvalue weighted by Crippen LogP contribution is -2.40. The van der Waals surface area contributed by atoms with E-state index < -0.39 is 16.9 Å². The van der Waals surface area contributed by atoms with E-state index in [-0.39, 0.29) is 29.3 Å². The molecule has 1 amide bonds. The van der Waals surface area contributed by atoms with Crippen LogP contribution in [0.15, 0.2) is 53.4 Å². The van der Waals surface area contributed by atoms with Crippen molar-refractivity contribution in [2.24, 2.45) is 0 Å². The minimum absolute atomic E-state index is 0. The third-order valence-electron chi connectivity index (χ3n) is 3.61. The molecule has 0 saturated carbocycles. The Hall–Kier alpha value is -1.63. The summed E-state index contributed by atoms with van der Waals surface area (Å²) in [4.78, 5) is 12.9. The monoisotopic (exact) mass is 400 g/mol. The molecule has 0 aliphatic carbocycles. The second-order valence-corrected chi connectivity index (χ2v) is 6.83. The van der Waals surface area contributed by atoms with Gasteiger partial charge in [0.15, 0.2) is 0 Å². The van der Waals surface area contributed by atoms with E-state index in [9.17, 15) is 13.6 Å². The highest BCUT2D eigenvalue weighted by Gasteiger charge is 2.23. The Bertz CT molecular complexity index is 703. The number of hydrogen-bond acceptors (Lipinski definition) is 3. The summed E-state index contributed by atoms with van der Waals surface area (Å²) >= 11 is 1.08. The summed E-state index contributed by atoms with van der Waals surface area (Å²) in [6.45, 7) is 5.27. The second-order valence-electron chi connectivity index (χ2n) is 5.69. The molecule has 2 N–H and O–H groups in total. The Balaban J connectivity index is 0.00000338. The normalized spacial score (nSPS) is 12.8. The first-order valence-corrected chi connectivity index (χ1v) is 9.07. The molecule has 0 heterocycles. The molecule has 0 saturated heterocycles. The van der Waals surface area contributed by atoms with Gasteiger partial charge in [0.25, 0.3) is 0 Å². The number of carbonyl (C=O) groups excluding carboxylic acids is 1. The van der Waals surface area contributed by atoms with Crippen LogP contribution in [-0.2, 0) is 4.79 Å². The van der Waals surface area contributed by atoms with Gasteiger partial charge >= 0.3 is 0 Å². The zero-order valence-corrected chi connectivity index (χ0v) is 16.3. The van der Waals surface area contributed by atoms with E-state index in [2.05, 4.69) is 10.6 Å². The zero-order chi connectivity index (χ0) is 18.2. The molecule has 0 bridgehead atoms. The smallest absolute Gasteiger partial charge is 0.238 e. The van der Waals surface area contributed by atoms with Crippen molar-refractivity contribution in [1.82, 2.24) is 10.6 Å². The number of nitrogens with one attached hydrogen (secondary N) is 2. The van der Waals surface area contributed by atoms with E-state index in [1.165, 1.54) is 12.1 Å². The number of thioether (sulfide) groups is 1. The molecule has 0 spiro atoms. The van der Waals surface area contributed by atoms with Gasteiger partial charge in [0.1, 0.15) is 16.9 Å². The maximum atomic E-state index is 14.0. The van der Waals surface area contributed by atoms with Crippen molar-refractivity contribution in [3.63, 3.8) is 0 Å². The maximum Gasteiger partial charge on any atom is 0.238 e. The Morgan fingerprint density at radius 1 is 1.15 bits per heavy atom. The summed E-state index contributed by atoms with van der Waals surface area (Å²) in [5.41, 5.74) is 0.768. The summed E-state index contributed by atoms with van der Waals surface area (Å²) in [6.07, 6.45) is 0. The van der Waals surface area contributed by atoms with E-state index >= 15 is 0 Å². The molecule has 3 nitrogen and oxygen atoms in total. The summed E-state index contributed by atoms with van der Waals surface area (Å²) in [5.74, 6) is -1.51. The van der Waals surface area contributed by atoms with E-state index in [0.717, 1.165) is 29.9 Å². The van der Waals surface area contributed by atoms with Gasteiger partial charge in [0.05, 0.1) is 0 Å². The largest absolute Gasteiger partial charge is 0.353 e. The van der Waals surface area contributed by atoms with Gasteiger partial charge < -0.3 is 10.6 Å². The highest BCUT2D eigenvalue weighted by Crippen LogP contribution is 2.36. The lowest BCUT2D eigenvalue weighted by atomic mass is 10.1. The number of carbonyl (C=O) groups is 1. The first-order valence-electron chi connectivity index (χ1n) is 8.19. The Morgan fingerprint density at radius 2 is 1.85 bits per heavy atom. The highest BCUT2D eigenvalue weighted by molar-refractivity contribution is 8.00. The van der Waals surface area contributed by atoms with Gasteiger partial charge in [-0.1, -0.05) is 37.3 Å². The molecule has 0 aliphatic heterocycles. The zero-order valence-electron chi connectivity index (χ0n) is 14.7. The van der Waals surface area contributed by atoms with Crippen molar-refractivity contribution >= 4 is 30.1 Å². The van der Waals surface area contributed by atoms with E-state index in [1.54, 1.807) is 0 Å². The average Bonchev–Trinajstić information content (AvgIpc) is 2.60.